The Labute approximate surface area is 147 Å². The normalized spacial score (nSPS) is 16.5. The molecule has 0 spiro atoms. The number of hydrogen-bond donors (Lipinski definition) is 0. The van der Waals surface area contributed by atoms with Crippen LogP contribution in [0.5, 0.6) is 5.75 Å². The summed E-state index contributed by atoms with van der Waals surface area (Å²) < 4.78 is 6.67. The molecule has 0 N–H and O–H groups in total. The van der Waals surface area contributed by atoms with Crippen LogP contribution in [0.2, 0.25) is 0 Å². The van der Waals surface area contributed by atoms with Gasteiger partial charge in [0.2, 0.25) is 11.9 Å². The van der Waals surface area contributed by atoms with E-state index in [0.29, 0.717) is 11.3 Å². The number of hydrogen-bond acceptors (Lipinski definition) is 3. The Morgan fingerprint density at radius 1 is 1.00 bits per heavy atom. The summed E-state index contributed by atoms with van der Waals surface area (Å²) in [7, 11) is 0. The maximum atomic E-state index is 12.6. The quantitative estimate of drug-likeness (QED) is 0.490. The number of rotatable bonds is 2. The van der Waals surface area contributed by atoms with E-state index in [9.17, 15) is 9.59 Å². The molecule has 0 aliphatic carbocycles. The molecule has 0 aromatic heterocycles. The van der Waals surface area contributed by atoms with E-state index in [-0.39, 0.29) is 18.0 Å². The SMILES string of the molecule is O=C1Cc2c(ccc3ccccc23)OC1C(=O)c1ccc(Br)cc1. The highest BCUT2D eigenvalue weighted by Crippen LogP contribution is 2.33. The van der Waals surface area contributed by atoms with Gasteiger partial charge in [0.05, 0.1) is 0 Å². The van der Waals surface area contributed by atoms with Gasteiger partial charge >= 0.3 is 0 Å². The summed E-state index contributed by atoms with van der Waals surface area (Å²) in [6.07, 6.45) is -0.858. The first-order chi connectivity index (χ1) is 11.6. The van der Waals surface area contributed by atoms with Crippen molar-refractivity contribution >= 4 is 38.3 Å². The highest BCUT2D eigenvalue weighted by Gasteiger charge is 2.34. The van der Waals surface area contributed by atoms with E-state index in [2.05, 4.69) is 15.9 Å². The van der Waals surface area contributed by atoms with E-state index in [1.54, 1.807) is 24.3 Å². The van der Waals surface area contributed by atoms with Gasteiger partial charge in [0.25, 0.3) is 0 Å². The highest BCUT2D eigenvalue weighted by atomic mass is 79.9. The minimum Gasteiger partial charge on any atom is -0.474 e. The molecule has 3 aromatic rings. The lowest BCUT2D eigenvalue weighted by molar-refractivity contribution is -0.124. The third-order valence-electron chi connectivity index (χ3n) is 4.25. The highest BCUT2D eigenvalue weighted by molar-refractivity contribution is 9.10. The molecule has 0 saturated heterocycles. The lowest BCUT2D eigenvalue weighted by Gasteiger charge is -2.25. The van der Waals surface area contributed by atoms with Crippen molar-refractivity contribution in [2.24, 2.45) is 0 Å². The van der Waals surface area contributed by atoms with Crippen molar-refractivity contribution < 1.29 is 14.3 Å². The minimum absolute atomic E-state index is 0.202. The molecule has 3 nitrogen and oxygen atoms in total. The predicted octanol–water partition coefficient (Wildman–Crippen LogP) is 4.36. The van der Waals surface area contributed by atoms with Crippen molar-refractivity contribution in [3.8, 4) is 5.75 Å². The molecule has 0 amide bonds. The molecule has 0 radical (unpaired) electrons. The molecule has 4 heteroatoms. The van der Waals surface area contributed by atoms with E-state index in [4.69, 9.17) is 4.74 Å². The van der Waals surface area contributed by atoms with Gasteiger partial charge in [-0.15, -0.1) is 0 Å². The summed E-state index contributed by atoms with van der Waals surface area (Å²) in [5.74, 6) is 0.113. The first-order valence-corrected chi connectivity index (χ1v) is 8.42. The van der Waals surface area contributed by atoms with Crippen LogP contribution in [0.1, 0.15) is 15.9 Å². The van der Waals surface area contributed by atoms with Gasteiger partial charge in [-0.2, -0.15) is 0 Å². The number of halogens is 1. The van der Waals surface area contributed by atoms with Gasteiger partial charge in [-0.05, 0) is 29.0 Å². The minimum atomic E-state index is -1.07. The van der Waals surface area contributed by atoms with Crippen LogP contribution in [-0.2, 0) is 11.2 Å². The molecule has 1 aliphatic rings. The monoisotopic (exact) mass is 380 g/mol. The van der Waals surface area contributed by atoms with Gasteiger partial charge in [0, 0.05) is 22.0 Å². The van der Waals surface area contributed by atoms with Crippen LogP contribution < -0.4 is 4.74 Å². The predicted molar refractivity (Wildman–Crippen MR) is 95.5 cm³/mol. The summed E-state index contributed by atoms with van der Waals surface area (Å²) in [4.78, 5) is 25.2. The largest absolute Gasteiger partial charge is 0.474 e. The average Bonchev–Trinajstić information content (AvgIpc) is 2.61. The standard InChI is InChI=1S/C20H13BrO3/c21-14-8-5-13(6-9-14)19(23)20-17(22)11-16-15-4-2-1-3-12(15)7-10-18(16)24-20/h1-10,20H,11H2. The van der Waals surface area contributed by atoms with Gasteiger partial charge in [0.1, 0.15) is 5.75 Å². The van der Waals surface area contributed by atoms with Crippen molar-refractivity contribution in [3.63, 3.8) is 0 Å². The van der Waals surface area contributed by atoms with Gasteiger partial charge < -0.3 is 4.74 Å². The van der Waals surface area contributed by atoms with E-state index < -0.39 is 6.10 Å². The van der Waals surface area contributed by atoms with Crippen molar-refractivity contribution in [1.82, 2.24) is 0 Å². The average molecular weight is 381 g/mol. The van der Waals surface area contributed by atoms with Crippen LogP contribution in [0, 0.1) is 0 Å². The summed E-state index contributed by atoms with van der Waals surface area (Å²) in [6, 6.07) is 18.6. The molecular formula is C20H13BrO3. The van der Waals surface area contributed by atoms with Crippen LogP contribution >= 0.6 is 15.9 Å². The van der Waals surface area contributed by atoms with E-state index in [1.165, 1.54) is 0 Å². The molecule has 24 heavy (non-hydrogen) atoms. The van der Waals surface area contributed by atoms with Gasteiger partial charge in [-0.25, -0.2) is 0 Å². The number of carbonyl (C=O) groups excluding carboxylic acids is 2. The summed E-state index contributed by atoms with van der Waals surface area (Å²) >= 11 is 3.34. The van der Waals surface area contributed by atoms with Crippen LogP contribution in [0.4, 0.5) is 0 Å². The second kappa shape index (κ2) is 5.87. The Bertz CT molecular complexity index is 960. The Balaban J connectivity index is 1.71. The van der Waals surface area contributed by atoms with Gasteiger partial charge in [0.15, 0.2) is 5.78 Å². The van der Waals surface area contributed by atoms with Crippen LogP contribution in [0.15, 0.2) is 65.1 Å². The fraction of sp³-hybridized carbons (Fsp3) is 0.100. The first kappa shape index (κ1) is 15.1. The molecule has 118 valence electrons. The van der Waals surface area contributed by atoms with Crippen molar-refractivity contribution in [3.05, 3.63) is 76.3 Å². The van der Waals surface area contributed by atoms with Crippen molar-refractivity contribution in [2.45, 2.75) is 12.5 Å². The molecule has 1 atom stereocenters. The topological polar surface area (TPSA) is 43.4 Å². The summed E-state index contributed by atoms with van der Waals surface area (Å²) in [5.41, 5.74) is 1.33. The van der Waals surface area contributed by atoms with Gasteiger partial charge in [-0.3, -0.25) is 9.59 Å². The van der Waals surface area contributed by atoms with E-state index in [1.807, 2.05) is 36.4 Å². The lowest BCUT2D eigenvalue weighted by atomic mass is 9.92. The van der Waals surface area contributed by atoms with Crippen molar-refractivity contribution in [1.29, 1.82) is 0 Å². The molecule has 1 unspecified atom stereocenters. The number of benzene rings is 3. The maximum Gasteiger partial charge on any atom is 0.219 e. The number of ether oxygens (including phenoxy) is 1. The van der Waals surface area contributed by atoms with Crippen molar-refractivity contribution in [2.75, 3.05) is 0 Å². The molecule has 3 aromatic carbocycles. The van der Waals surface area contributed by atoms with Crippen LogP contribution in [0.3, 0.4) is 0 Å². The Morgan fingerprint density at radius 2 is 1.75 bits per heavy atom. The second-order valence-corrected chi connectivity index (χ2v) is 6.69. The Kier molecular flexibility index (Phi) is 3.69. The number of ketones is 2. The fourth-order valence-corrected chi connectivity index (χ4v) is 3.30. The third-order valence-corrected chi connectivity index (χ3v) is 4.78. The van der Waals surface area contributed by atoms with Crippen LogP contribution in [-0.4, -0.2) is 17.7 Å². The molecule has 0 bridgehead atoms. The zero-order valence-electron chi connectivity index (χ0n) is 12.7. The molecule has 1 aliphatic heterocycles. The molecule has 1 heterocycles. The molecular weight excluding hydrogens is 368 g/mol. The smallest absolute Gasteiger partial charge is 0.219 e. The zero-order valence-corrected chi connectivity index (χ0v) is 14.2. The van der Waals surface area contributed by atoms with Crippen LogP contribution in [0.25, 0.3) is 10.8 Å². The Morgan fingerprint density at radius 3 is 2.54 bits per heavy atom. The van der Waals surface area contributed by atoms with E-state index >= 15 is 0 Å². The number of carbonyl (C=O) groups is 2. The summed E-state index contributed by atoms with van der Waals surface area (Å²) in [5, 5.41) is 2.06. The maximum absolute atomic E-state index is 12.6. The molecule has 4 rings (SSSR count). The number of fused-ring (bicyclic) bond motifs is 3. The second-order valence-electron chi connectivity index (χ2n) is 5.78. The molecule has 0 saturated carbocycles. The number of Topliss-reactive ketones (excluding diaryl/α,β-unsaturated/α-hetero) is 2. The lowest BCUT2D eigenvalue weighted by Crippen LogP contribution is -2.40. The summed E-state index contributed by atoms with van der Waals surface area (Å²) in [6.45, 7) is 0. The van der Waals surface area contributed by atoms with Gasteiger partial charge in [-0.1, -0.05) is 58.4 Å². The fourth-order valence-electron chi connectivity index (χ4n) is 3.03. The third kappa shape index (κ3) is 2.53. The zero-order chi connectivity index (χ0) is 16.7. The van der Waals surface area contributed by atoms with E-state index in [0.717, 1.165) is 20.8 Å². The molecule has 0 fully saturated rings. The first-order valence-electron chi connectivity index (χ1n) is 7.63. The Hall–Kier alpha value is -2.46.